The van der Waals surface area contributed by atoms with Crippen LogP contribution < -0.4 is 4.74 Å². The Kier molecular flexibility index (Phi) is 5.46. The summed E-state index contributed by atoms with van der Waals surface area (Å²) >= 11 is 0. The molecule has 1 aromatic carbocycles. The fourth-order valence-electron chi connectivity index (χ4n) is 2.64. The van der Waals surface area contributed by atoms with Crippen molar-refractivity contribution in [1.29, 1.82) is 0 Å². The minimum absolute atomic E-state index is 0.222. The van der Waals surface area contributed by atoms with Crippen molar-refractivity contribution < 1.29 is 23.9 Å². The van der Waals surface area contributed by atoms with E-state index < -0.39 is 29.1 Å². The van der Waals surface area contributed by atoms with Crippen molar-refractivity contribution in [3.05, 3.63) is 39.9 Å². The van der Waals surface area contributed by atoms with Crippen molar-refractivity contribution in [3.63, 3.8) is 0 Å². The molecule has 2 atom stereocenters. The Labute approximate surface area is 128 Å². The van der Waals surface area contributed by atoms with Gasteiger partial charge in [0.05, 0.1) is 5.92 Å². The Morgan fingerprint density at radius 2 is 1.91 bits per heavy atom. The summed E-state index contributed by atoms with van der Waals surface area (Å²) in [4.78, 5) is 22.7. The van der Waals surface area contributed by atoms with Crippen LogP contribution >= 0.6 is 0 Å². The van der Waals surface area contributed by atoms with E-state index in [4.69, 9.17) is 14.2 Å². The van der Waals surface area contributed by atoms with Crippen molar-refractivity contribution >= 4 is 5.97 Å². The Morgan fingerprint density at radius 1 is 1.27 bits per heavy atom. The molecule has 0 radical (unpaired) electrons. The smallest absolute Gasteiger partial charge is 0.387 e. The zero-order chi connectivity index (χ0) is 16.1. The predicted octanol–water partition coefficient (Wildman–Crippen LogP) is 2.12. The third-order valence-electron chi connectivity index (χ3n) is 3.53. The number of fused-ring (bicyclic) bond motifs is 1. The predicted molar refractivity (Wildman–Crippen MR) is 77.3 cm³/mol. The molecule has 22 heavy (non-hydrogen) atoms. The summed E-state index contributed by atoms with van der Waals surface area (Å²) in [6.45, 7) is 4.49. The summed E-state index contributed by atoms with van der Waals surface area (Å²) < 4.78 is 16.0. The van der Waals surface area contributed by atoms with Gasteiger partial charge in [0.15, 0.2) is 6.29 Å². The molecular formula is C15H19NO6. The highest BCUT2D eigenvalue weighted by atomic mass is 16.7. The van der Waals surface area contributed by atoms with Gasteiger partial charge < -0.3 is 14.2 Å². The molecule has 0 unspecified atom stereocenters. The molecule has 0 fully saturated rings. The lowest BCUT2D eigenvalue weighted by Crippen LogP contribution is -2.43. The largest absolute Gasteiger partial charge is 0.421 e. The van der Waals surface area contributed by atoms with Gasteiger partial charge in [-0.05, 0) is 19.9 Å². The van der Waals surface area contributed by atoms with Gasteiger partial charge >= 0.3 is 12.0 Å². The highest BCUT2D eigenvalue weighted by Gasteiger charge is 2.47. The Balaban J connectivity index is 2.33. The number of benzene rings is 1. The van der Waals surface area contributed by atoms with Gasteiger partial charge in [-0.15, -0.1) is 0 Å². The Hall–Kier alpha value is -1.99. The number of nitrogens with zero attached hydrogens (tertiary/aromatic N) is 1. The zero-order valence-corrected chi connectivity index (χ0v) is 12.6. The molecule has 0 aromatic heterocycles. The molecule has 0 saturated carbocycles. The quantitative estimate of drug-likeness (QED) is 0.252. The summed E-state index contributed by atoms with van der Waals surface area (Å²) in [7, 11) is 0. The van der Waals surface area contributed by atoms with Gasteiger partial charge in [0.25, 0.3) is 0 Å². The first-order valence-corrected chi connectivity index (χ1v) is 7.25. The minimum atomic E-state index is -1.45. The lowest BCUT2D eigenvalue weighted by atomic mass is 9.86. The zero-order valence-electron chi connectivity index (χ0n) is 12.6. The maximum atomic E-state index is 12.0. The van der Waals surface area contributed by atoms with E-state index in [0.29, 0.717) is 24.5 Å². The van der Waals surface area contributed by atoms with Gasteiger partial charge in [-0.1, -0.05) is 18.2 Å². The monoisotopic (exact) mass is 309 g/mol. The highest BCUT2D eigenvalue weighted by Crippen LogP contribution is 2.38. The van der Waals surface area contributed by atoms with Crippen LogP contribution in [-0.2, 0) is 14.3 Å². The second kappa shape index (κ2) is 7.33. The molecule has 0 saturated heterocycles. The first-order valence-electron chi connectivity index (χ1n) is 7.25. The van der Waals surface area contributed by atoms with Crippen molar-refractivity contribution in [1.82, 2.24) is 0 Å². The third-order valence-corrected chi connectivity index (χ3v) is 3.53. The van der Waals surface area contributed by atoms with E-state index in [1.165, 1.54) is 0 Å². The number of carbonyl (C=O) groups is 1. The van der Waals surface area contributed by atoms with E-state index in [1.54, 1.807) is 24.3 Å². The van der Waals surface area contributed by atoms with Crippen LogP contribution in [0.1, 0.15) is 31.7 Å². The Morgan fingerprint density at radius 3 is 2.50 bits per heavy atom. The molecule has 0 N–H and O–H groups in total. The molecule has 0 bridgehead atoms. The fraction of sp³-hybridized carbons (Fsp3) is 0.533. The van der Waals surface area contributed by atoms with E-state index in [0.717, 1.165) is 0 Å². The standard InChI is InChI=1S/C15H19NO6/c1-3-20-13(21-4-2)9-11-10-7-5-6-8-12(10)22-15(17)14(11)16(18)19/h5-8,11,13-14H,3-4,9H2,1-2H3/t11-,14+/m1/s1. The van der Waals surface area contributed by atoms with Crippen molar-refractivity contribution in [2.24, 2.45) is 0 Å². The van der Waals surface area contributed by atoms with Crippen LogP contribution in [0.3, 0.4) is 0 Å². The van der Waals surface area contributed by atoms with E-state index >= 15 is 0 Å². The lowest BCUT2D eigenvalue weighted by Gasteiger charge is -2.29. The van der Waals surface area contributed by atoms with E-state index in [9.17, 15) is 14.9 Å². The van der Waals surface area contributed by atoms with Crippen LogP contribution in [0.25, 0.3) is 0 Å². The molecule has 1 aliphatic rings. The molecule has 2 rings (SSSR count). The topological polar surface area (TPSA) is 87.9 Å². The lowest BCUT2D eigenvalue weighted by molar-refractivity contribution is -0.515. The van der Waals surface area contributed by atoms with Gasteiger partial charge in [-0.2, -0.15) is 0 Å². The van der Waals surface area contributed by atoms with Crippen LogP contribution in [0.2, 0.25) is 0 Å². The summed E-state index contributed by atoms with van der Waals surface area (Å²) in [5.41, 5.74) is 0.633. The number of hydrogen-bond acceptors (Lipinski definition) is 6. The van der Waals surface area contributed by atoms with Gasteiger partial charge in [0.2, 0.25) is 0 Å². The van der Waals surface area contributed by atoms with Gasteiger partial charge in [0.1, 0.15) is 5.75 Å². The maximum absolute atomic E-state index is 12.0. The molecule has 1 heterocycles. The van der Waals surface area contributed by atoms with Gasteiger partial charge in [0, 0.05) is 30.1 Å². The number of para-hydroxylation sites is 1. The van der Waals surface area contributed by atoms with Crippen LogP contribution in [0.4, 0.5) is 0 Å². The van der Waals surface area contributed by atoms with Crippen molar-refractivity contribution in [2.45, 2.75) is 38.5 Å². The number of ether oxygens (including phenoxy) is 3. The van der Waals surface area contributed by atoms with E-state index in [1.807, 2.05) is 13.8 Å². The van der Waals surface area contributed by atoms with E-state index in [-0.39, 0.29) is 6.42 Å². The minimum Gasteiger partial charge on any atom is -0.421 e. The first kappa shape index (κ1) is 16.4. The Bertz CT molecular complexity index is 541. The summed E-state index contributed by atoms with van der Waals surface area (Å²) in [5.74, 6) is -1.13. The van der Waals surface area contributed by atoms with E-state index in [2.05, 4.69) is 0 Å². The van der Waals surface area contributed by atoms with Gasteiger partial charge in [-0.25, -0.2) is 4.79 Å². The molecule has 1 aliphatic heterocycles. The van der Waals surface area contributed by atoms with Crippen LogP contribution in [-0.4, -0.2) is 36.4 Å². The average Bonchev–Trinajstić information content (AvgIpc) is 2.47. The average molecular weight is 309 g/mol. The molecular weight excluding hydrogens is 290 g/mol. The SMILES string of the molecule is CCOC(C[C@@H]1c2ccccc2OC(=O)[C@H]1[N+](=O)[O-])OCC. The number of hydrogen-bond donors (Lipinski definition) is 0. The molecule has 7 nitrogen and oxygen atoms in total. The van der Waals surface area contributed by atoms with Gasteiger partial charge in [-0.3, -0.25) is 10.1 Å². The van der Waals surface area contributed by atoms with Crippen LogP contribution in [0, 0.1) is 10.1 Å². The molecule has 120 valence electrons. The number of esters is 1. The molecule has 0 spiro atoms. The molecule has 0 aliphatic carbocycles. The fourth-order valence-corrected chi connectivity index (χ4v) is 2.64. The summed E-state index contributed by atoms with van der Waals surface area (Å²) in [6, 6.07) is 5.40. The third kappa shape index (κ3) is 3.42. The number of nitro groups is 1. The number of rotatable bonds is 7. The second-order valence-corrected chi connectivity index (χ2v) is 4.87. The second-order valence-electron chi connectivity index (χ2n) is 4.87. The first-order chi connectivity index (χ1) is 10.6. The summed E-state index contributed by atoms with van der Waals surface area (Å²) in [5, 5.41) is 11.3. The van der Waals surface area contributed by atoms with Crippen molar-refractivity contribution in [3.8, 4) is 5.75 Å². The van der Waals surface area contributed by atoms with Crippen molar-refractivity contribution in [2.75, 3.05) is 13.2 Å². The normalized spacial score (nSPS) is 20.6. The van der Waals surface area contributed by atoms with Crippen LogP contribution in [0.15, 0.2) is 24.3 Å². The van der Waals surface area contributed by atoms with Crippen LogP contribution in [0.5, 0.6) is 5.75 Å². The molecule has 0 amide bonds. The molecule has 1 aromatic rings. The maximum Gasteiger partial charge on any atom is 0.387 e. The molecule has 7 heteroatoms. The highest BCUT2D eigenvalue weighted by molar-refractivity contribution is 5.81. The number of carbonyl (C=O) groups excluding carboxylic acids is 1. The summed E-state index contributed by atoms with van der Waals surface area (Å²) in [6.07, 6.45) is -0.374.